The van der Waals surface area contributed by atoms with Crippen molar-refractivity contribution >= 4 is 76.7 Å². The Kier molecular flexibility index (Phi) is 8.11. The monoisotopic (exact) mass is 856 g/mol. The van der Waals surface area contributed by atoms with Gasteiger partial charge < -0.3 is 9.13 Å². The van der Waals surface area contributed by atoms with Crippen molar-refractivity contribution < 1.29 is 0 Å². The lowest BCUT2D eigenvalue weighted by molar-refractivity contribution is 0.944. The van der Waals surface area contributed by atoms with Crippen LogP contribution < -0.4 is 0 Å². The third kappa shape index (κ3) is 5.70. The normalized spacial score (nSPS) is 11.9. The van der Waals surface area contributed by atoms with Gasteiger partial charge in [-0.15, -0.1) is 0 Å². The van der Waals surface area contributed by atoms with Crippen molar-refractivity contribution in [1.29, 1.82) is 0 Å². The van der Waals surface area contributed by atoms with E-state index in [1.807, 2.05) is 42.5 Å². The van der Waals surface area contributed by atoms with E-state index in [1.54, 1.807) is 0 Å². The highest BCUT2D eigenvalue weighted by atomic mass is 15.2. The van der Waals surface area contributed by atoms with Crippen LogP contribution in [0.2, 0.25) is 0 Å². The van der Waals surface area contributed by atoms with E-state index >= 15 is 0 Å². The van der Waals surface area contributed by atoms with Gasteiger partial charge in [-0.2, -0.15) is 9.97 Å². The molecule has 67 heavy (non-hydrogen) atoms. The first-order valence-electron chi connectivity index (χ1n) is 22.4. The number of para-hydroxylation sites is 5. The smallest absolute Gasteiger partial charge is 0.240 e. The van der Waals surface area contributed by atoms with Crippen molar-refractivity contribution in [3.8, 4) is 51.2 Å². The van der Waals surface area contributed by atoms with Gasteiger partial charge >= 0.3 is 0 Å². The van der Waals surface area contributed by atoms with E-state index in [2.05, 4.69) is 190 Å². The Labute approximate surface area is 383 Å². The van der Waals surface area contributed by atoms with Crippen LogP contribution >= 0.6 is 0 Å². The van der Waals surface area contributed by atoms with Crippen LogP contribution in [0, 0.1) is 0 Å². The lowest BCUT2D eigenvalue weighted by atomic mass is 10.0. The Balaban J connectivity index is 1.09. The Hall–Kier alpha value is -9.27. The molecule has 312 valence electrons. The fourth-order valence-electron chi connectivity index (χ4n) is 10.1. The van der Waals surface area contributed by atoms with Gasteiger partial charge in [-0.05, 0) is 53.6 Å². The van der Waals surface area contributed by atoms with Crippen LogP contribution in [0.15, 0.2) is 218 Å². The molecular weight excluding hydrogens is 821 g/mol. The third-order valence-corrected chi connectivity index (χ3v) is 13.1. The SMILES string of the molecule is c1ccc(-c2ccc(-c3nc(-c4ccccc4)nc(-n4c5ccccc5c5nc6c(-n7c8ccccc8c8ccccc87)ccc(-n7c8ccccc8c8ccccc87)c6nc54)n3)cc2)cc1. The number of hydrogen-bond acceptors (Lipinski definition) is 5. The molecule has 0 aliphatic heterocycles. The van der Waals surface area contributed by atoms with Crippen LogP contribution in [0.5, 0.6) is 0 Å². The molecule has 0 amide bonds. The zero-order valence-electron chi connectivity index (χ0n) is 35.9. The molecule has 0 unspecified atom stereocenters. The highest BCUT2D eigenvalue weighted by molar-refractivity contribution is 6.14. The van der Waals surface area contributed by atoms with Gasteiger partial charge in [-0.25, -0.2) is 15.0 Å². The van der Waals surface area contributed by atoms with Gasteiger partial charge in [0, 0.05) is 38.1 Å². The fraction of sp³-hybridized carbons (Fsp3) is 0. The molecule has 0 atom stereocenters. The molecule has 0 fully saturated rings. The standard InChI is InChI=1S/C59H36N8/c1-3-17-37(18-4-1)38-31-33-40(34-32-38)57-62-56(39-19-5-2-6-20-39)63-59(64-57)67-50-30-16-11-25-45(50)53-58(67)61-55-52(66-48-28-14-9-23-43(48)44-24-10-15-29-49(44)66)36-35-51(54(55)60-53)65-46-26-12-7-21-41(46)42-22-8-13-27-47(42)65/h1-36H. The quantitative estimate of drug-likeness (QED) is 0.166. The van der Waals surface area contributed by atoms with Gasteiger partial charge in [0.1, 0.15) is 16.6 Å². The van der Waals surface area contributed by atoms with Crippen LogP contribution in [0.25, 0.3) is 128 Å². The molecule has 0 radical (unpaired) electrons. The summed E-state index contributed by atoms with van der Waals surface area (Å²) >= 11 is 0. The van der Waals surface area contributed by atoms with Crippen molar-refractivity contribution in [1.82, 2.24) is 38.6 Å². The predicted octanol–water partition coefficient (Wildman–Crippen LogP) is 14.1. The number of rotatable bonds is 6. The molecule has 0 aliphatic rings. The molecule has 5 heterocycles. The summed E-state index contributed by atoms with van der Waals surface area (Å²) in [4.78, 5) is 27.2. The Morgan fingerprint density at radius 1 is 0.239 bits per heavy atom. The minimum Gasteiger partial charge on any atom is -0.307 e. The average Bonchev–Trinajstić information content (AvgIpc) is 4.04. The summed E-state index contributed by atoms with van der Waals surface area (Å²) in [6, 6.07) is 76.1. The first-order chi connectivity index (χ1) is 33.2. The van der Waals surface area contributed by atoms with Gasteiger partial charge in [0.2, 0.25) is 5.95 Å². The van der Waals surface area contributed by atoms with Gasteiger partial charge in [0.25, 0.3) is 0 Å². The first kappa shape index (κ1) is 37.1. The molecule has 0 N–H and O–H groups in total. The third-order valence-electron chi connectivity index (χ3n) is 13.1. The van der Waals surface area contributed by atoms with E-state index in [-0.39, 0.29) is 0 Å². The molecule has 8 heteroatoms. The lowest BCUT2D eigenvalue weighted by Gasteiger charge is -2.16. The summed E-state index contributed by atoms with van der Waals surface area (Å²) in [6.45, 7) is 0. The second kappa shape index (κ2) is 14.6. The molecule has 9 aromatic carbocycles. The Morgan fingerprint density at radius 2 is 0.597 bits per heavy atom. The second-order valence-corrected chi connectivity index (χ2v) is 16.9. The molecular formula is C59H36N8. The number of nitrogens with zero attached hydrogens (tertiary/aromatic N) is 8. The van der Waals surface area contributed by atoms with Crippen molar-refractivity contribution in [3.05, 3.63) is 218 Å². The molecule has 5 aromatic heterocycles. The maximum Gasteiger partial charge on any atom is 0.240 e. The van der Waals surface area contributed by atoms with E-state index in [0.717, 1.165) is 83.1 Å². The lowest BCUT2D eigenvalue weighted by Crippen LogP contribution is -2.08. The van der Waals surface area contributed by atoms with Crippen molar-refractivity contribution in [2.45, 2.75) is 0 Å². The zero-order valence-corrected chi connectivity index (χ0v) is 35.9. The minimum atomic E-state index is 0.452. The summed E-state index contributed by atoms with van der Waals surface area (Å²) in [6.07, 6.45) is 0. The Bertz CT molecular complexity index is 4160. The largest absolute Gasteiger partial charge is 0.307 e. The van der Waals surface area contributed by atoms with Crippen LogP contribution in [-0.4, -0.2) is 38.6 Å². The van der Waals surface area contributed by atoms with E-state index in [9.17, 15) is 0 Å². The van der Waals surface area contributed by atoms with Gasteiger partial charge in [-0.3, -0.25) is 4.57 Å². The van der Waals surface area contributed by atoms with Crippen molar-refractivity contribution in [2.75, 3.05) is 0 Å². The molecule has 0 aliphatic carbocycles. The summed E-state index contributed by atoms with van der Waals surface area (Å²) in [5, 5.41) is 5.64. The predicted molar refractivity (Wildman–Crippen MR) is 272 cm³/mol. The summed E-state index contributed by atoms with van der Waals surface area (Å²) in [5.74, 6) is 1.57. The second-order valence-electron chi connectivity index (χ2n) is 16.9. The topological polar surface area (TPSA) is 79.2 Å². The van der Waals surface area contributed by atoms with Crippen molar-refractivity contribution in [3.63, 3.8) is 0 Å². The number of benzene rings is 9. The highest BCUT2D eigenvalue weighted by Gasteiger charge is 2.25. The maximum absolute atomic E-state index is 5.81. The molecule has 0 spiro atoms. The summed E-state index contributed by atoms with van der Waals surface area (Å²) in [7, 11) is 0. The van der Waals surface area contributed by atoms with Gasteiger partial charge in [0.05, 0.1) is 39.0 Å². The highest BCUT2D eigenvalue weighted by Crippen LogP contribution is 2.40. The summed E-state index contributed by atoms with van der Waals surface area (Å²) in [5.41, 5.74) is 14.1. The molecule has 0 saturated heterocycles. The number of aromatic nitrogens is 8. The molecule has 8 nitrogen and oxygen atoms in total. The Morgan fingerprint density at radius 3 is 1.09 bits per heavy atom. The van der Waals surface area contributed by atoms with E-state index < -0.39 is 0 Å². The van der Waals surface area contributed by atoms with Crippen LogP contribution in [0.4, 0.5) is 0 Å². The maximum atomic E-state index is 5.81. The fourth-order valence-corrected chi connectivity index (χ4v) is 10.1. The van der Waals surface area contributed by atoms with Gasteiger partial charge in [0.15, 0.2) is 17.3 Å². The van der Waals surface area contributed by atoms with Crippen LogP contribution in [0.1, 0.15) is 0 Å². The minimum absolute atomic E-state index is 0.452. The van der Waals surface area contributed by atoms with Crippen LogP contribution in [0.3, 0.4) is 0 Å². The van der Waals surface area contributed by atoms with Gasteiger partial charge in [-0.1, -0.05) is 176 Å². The van der Waals surface area contributed by atoms with E-state index in [4.69, 9.17) is 24.9 Å². The zero-order chi connectivity index (χ0) is 44.0. The van der Waals surface area contributed by atoms with E-state index in [0.29, 0.717) is 23.2 Å². The van der Waals surface area contributed by atoms with Crippen molar-refractivity contribution in [2.24, 2.45) is 0 Å². The molecule has 0 saturated carbocycles. The average molecular weight is 857 g/mol. The van der Waals surface area contributed by atoms with Crippen LogP contribution in [-0.2, 0) is 0 Å². The first-order valence-corrected chi connectivity index (χ1v) is 22.4. The summed E-state index contributed by atoms with van der Waals surface area (Å²) < 4.78 is 6.75. The molecule has 14 rings (SSSR count). The van der Waals surface area contributed by atoms with E-state index in [1.165, 1.54) is 21.5 Å². The number of fused-ring (bicyclic) bond motifs is 10. The molecule has 0 bridgehead atoms. The number of hydrogen-bond donors (Lipinski definition) is 0. The molecule has 14 aromatic rings.